The highest BCUT2D eigenvalue weighted by molar-refractivity contribution is 4.97. The minimum Gasteiger partial charge on any atom is -0.378 e. The summed E-state index contributed by atoms with van der Waals surface area (Å²) in [5.41, 5.74) is 1.17. The highest BCUT2D eigenvalue weighted by atomic mass is 16.5. The molecule has 1 atom stereocenters. The number of aryl methyl sites for hydroxylation is 1. The molecule has 18 heavy (non-hydrogen) atoms. The second-order valence-corrected chi connectivity index (χ2v) is 5.54. The average molecular weight is 249 g/mol. The van der Waals surface area contributed by atoms with Gasteiger partial charge in [-0.05, 0) is 38.5 Å². The third kappa shape index (κ3) is 3.56. The summed E-state index contributed by atoms with van der Waals surface area (Å²) in [7, 11) is 0. The minimum absolute atomic E-state index is 0.518. The quantitative estimate of drug-likeness (QED) is 0.804. The third-order valence-electron chi connectivity index (χ3n) is 3.80. The Labute approximate surface area is 109 Å². The highest BCUT2D eigenvalue weighted by Gasteiger charge is 2.20. The van der Waals surface area contributed by atoms with E-state index in [2.05, 4.69) is 21.1 Å². The lowest BCUT2D eigenvalue weighted by atomic mass is 10.1. The van der Waals surface area contributed by atoms with Crippen molar-refractivity contribution in [3.05, 3.63) is 18.2 Å². The van der Waals surface area contributed by atoms with Crippen LogP contribution in [0.3, 0.4) is 0 Å². The lowest BCUT2D eigenvalue weighted by molar-refractivity contribution is 0.101. The summed E-state index contributed by atoms with van der Waals surface area (Å²) in [4.78, 5) is 4.44. The van der Waals surface area contributed by atoms with Gasteiger partial charge in [0.2, 0.25) is 0 Å². The Morgan fingerprint density at radius 3 is 3.11 bits per heavy atom. The van der Waals surface area contributed by atoms with Crippen molar-refractivity contribution in [3.8, 4) is 0 Å². The molecule has 0 spiro atoms. The molecule has 1 saturated heterocycles. The van der Waals surface area contributed by atoms with Crippen LogP contribution >= 0.6 is 0 Å². The van der Waals surface area contributed by atoms with Crippen LogP contribution in [0.15, 0.2) is 12.5 Å². The van der Waals surface area contributed by atoms with E-state index < -0.39 is 0 Å². The fourth-order valence-electron chi connectivity index (χ4n) is 2.53. The molecule has 1 aromatic rings. The Hall–Kier alpha value is -0.870. The number of nitrogens with zero attached hydrogens (tertiary/aromatic N) is 2. The molecule has 4 heteroatoms. The van der Waals surface area contributed by atoms with Crippen LogP contribution in [-0.4, -0.2) is 28.3 Å². The normalized spacial score (nSPS) is 23.7. The van der Waals surface area contributed by atoms with Gasteiger partial charge in [0.15, 0.2) is 0 Å². The Morgan fingerprint density at radius 1 is 1.39 bits per heavy atom. The van der Waals surface area contributed by atoms with Crippen molar-refractivity contribution in [2.24, 2.45) is 0 Å². The number of imidazole rings is 1. The van der Waals surface area contributed by atoms with Crippen molar-refractivity contribution in [3.63, 3.8) is 0 Å². The monoisotopic (exact) mass is 249 g/mol. The molecule has 1 aliphatic heterocycles. The molecule has 100 valence electrons. The molecular weight excluding hydrogens is 226 g/mol. The standard InChI is InChI=1S/C14H23N3O/c1(3-14-4-2-8-18-14)7-17-10-13(16-11-17)9-15-12-5-6-12/h10-12,14-15H,1-9H2. The second-order valence-electron chi connectivity index (χ2n) is 5.54. The lowest BCUT2D eigenvalue weighted by Crippen LogP contribution is -2.15. The molecule has 0 bridgehead atoms. The van der Waals surface area contributed by atoms with Crippen LogP contribution in [-0.2, 0) is 17.8 Å². The number of ether oxygens (including phenoxy) is 1. The lowest BCUT2D eigenvalue weighted by Gasteiger charge is -2.08. The van der Waals surface area contributed by atoms with Crippen LogP contribution in [0.4, 0.5) is 0 Å². The van der Waals surface area contributed by atoms with Crippen LogP contribution in [0, 0.1) is 0 Å². The number of nitrogens with one attached hydrogen (secondary N) is 1. The predicted octanol–water partition coefficient (Wildman–Crippen LogP) is 2.09. The third-order valence-corrected chi connectivity index (χ3v) is 3.80. The number of hydrogen-bond donors (Lipinski definition) is 1. The number of aromatic nitrogens is 2. The van der Waals surface area contributed by atoms with Gasteiger partial charge >= 0.3 is 0 Å². The zero-order chi connectivity index (χ0) is 12.2. The molecule has 0 aromatic carbocycles. The van der Waals surface area contributed by atoms with Crippen molar-refractivity contribution in [2.75, 3.05) is 6.61 Å². The van der Waals surface area contributed by atoms with E-state index in [0.29, 0.717) is 6.10 Å². The molecule has 3 rings (SSSR count). The van der Waals surface area contributed by atoms with Gasteiger partial charge in [-0.3, -0.25) is 0 Å². The van der Waals surface area contributed by atoms with E-state index in [0.717, 1.165) is 25.7 Å². The highest BCUT2D eigenvalue weighted by Crippen LogP contribution is 2.19. The van der Waals surface area contributed by atoms with E-state index in [1.54, 1.807) is 0 Å². The minimum atomic E-state index is 0.518. The number of rotatable bonds is 7. The molecule has 1 saturated carbocycles. The zero-order valence-electron chi connectivity index (χ0n) is 11.0. The first kappa shape index (κ1) is 12.2. The Balaban J connectivity index is 1.36. The van der Waals surface area contributed by atoms with Gasteiger partial charge in [-0.25, -0.2) is 4.98 Å². The van der Waals surface area contributed by atoms with Gasteiger partial charge in [0.05, 0.1) is 18.1 Å². The second kappa shape index (κ2) is 5.85. The van der Waals surface area contributed by atoms with Gasteiger partial charge < -0.3 is 14.6 Å². The maximum Gasteiger partial charge on any atom is 0.0949 e. The first-order chi connectivity index (χ1) is 8.90. The molecular formula is C14H23N3O. The fraction of sp³-hybridized carbons (Fsp3) is 0.786. The van der Waals surface area contributed by atoms with E-state index in [1.165, 1.54) is 44.2 Å². The first-order valence-electron chi connectivity index (χ1n) is 7.26. The summed E-state index contributed by atoms with van der Waals surface area (Å²) in [5, 5.41) is 3.49. The van der Waals surface area contributed by atoms with Crippen LogP contribution in [0.25, 0.3) is 0 Å². The molecule has 2 aliphatic rings. The molecule has 1 aromatic heterocycles. The molecule has 4 nitrogen and oxygen atoms in total. The summed E-state index contributed by atoms with van der Waals surface area (Å²) in [5.74, 6) is 0. The molecule has 2 heterocycles. The summed E-state index contributed by atoms with van der Waals surface area (Å²) in [6.45, 7) is 2.95. The van der Waals surface area contributed by atoms with Crippen LogP contribution in [0.1, 0.15) is 44.2 Å². The van der Waals surface area contributed by atoms with Gasteiger partial charge in [0, 0.05) is 31.9 Å². The summed E-state index contributed by atoms with van der Waals surface area (Å²) >= 11 is 0. The maximum atomic E-state index is 5.63. The molecule has 2 fully saturated rings. The smallest absolute Gasteiger partial charge is 0.0949 e. The SMILES string of the molecule is c1nc(CNC2CC2)cn1CCCC1CCCO1. The maximum absolute atomic E-state index is 5.63. The van der Waals surface area contributed by atoms with Gasteiger partial charge in [-0.15, -0.1) is 0 Å². The van der Waals surface area contributed by atoms with Gasteiger partial charge in [0.1, 0.15) is 0 Å². The molecule has 0 amide bonds. The summed E-state index contributed by atoms with van der Waals surface area (Å²) in [6.07, 6.45) is 12.2. The average Bonchev–Trinajstić information content (AvgIpc) is 2.89. The number of hydrogen-bond acceptors (Lipinski definition) is 3. The van der Waals surface area contributed by atoms with E-state index in [-0.39, 0.29) is 0 Å². The Morgan fingerprint density at radius 2 is 2.33 bits per heavy atom. The van der Waals surface area contributed by atoms with E-state index in [9.17, 15) is 0 Å². The Kier molecular flexibility index (Phi) is 3.96. The molecule has 1 unspecified atom stereocenters. The van der Waals surface area contributed by atoms with Crippen molar-refractivity contribution in [2.45, 2.75) is 63.8 Å². The first-order valence-corrected chi connectivity index (χ1v) is 7.26. The largest absolute Gasteiger partial charge is 0.378 e. The van der Waals surface area contributed by atoms with Gasteiger partial charge in [-0.2, -0.15) is 0 Å². The summed E-state index contributed by atoms with van der Waals surface area (Å²) in [6, 6.07) is 0.759. The van der Waals surface area contributed by atoms with Crippen LogP contribution in [0.2, 0.25) is 0 Å². The van der Waals surface area contributed by atoms with Crippen LogP contribution in [0.5, 0.6) is 0 Å². The summed E-state index contributed by atoms with van der Waals surface area (Å²) < 4.78 is 7.84. The predicted molar refractivity (Wildman–Crippen MR) is 70.3 cm³/mol. The Bertz CT molecular complexity index is 367. The topological polar surface area (TPSA) is 39.1 Å². The van der Waals surface area contributed by atoms with Gasteiger partial charge in [0.25, 0.3) is 0 Å². The fourth-order valence-corrected chi connectivity index (χ4v) is 2.53. The van der Waals surface area contributed by atoms with Crippen LogP contribution < -0.4 is 5.32 Å². The molecule has 1 aliphatic carbocycles. The molecule has 0 radical (unpaired) electrons. The van der Waals surface area contributed by atoms with Crippen molar-refractivity contribution in [1.82, 2.24) is 14.9 Å². The van der Waals surface area contributed by atoms with Crippen molar-refractivity contribution >= 4 is 0 Å². The van der Waals surface area contributed by atoms with E-state index >= 15 is 0 Å². The molecule has 1 N–H and O–H groups in total. The zero-order valence-corrected chi connectivity index (χ0v) is 11.0. The van der Waals surface area contributed by atoms with Gasteiger partial charge in [-0.1, -0.05) is 0 Å². The van der Waals surface area contributed by atoms with E-state index in [1.807, 2.05) is 6.33 Å². The van der Waals surface area contributed by atoms with Crippen molar-refractivity contribution < 1.29 is 4.74 Å². The van der Waals surface area contributed by atoms with Crippen molar-refractivity contribution in [1.29, 1.82) is 0 Å². The van der Waals surface area contributed by atoms with E-state index in [4.69, 9.17) is 4.74 Å².